The highest BCUT2D eigenvalue weighted by Gasteiger charge is 2.14. The van der Waals surface area contributed by atoms with Crippen LogP contribution in [-0.4, -0.2) is 12.2 Å². The number of nitrogens with one attached hydrogen (secondary N) is 2. The number of anilines is 1. The van der Waals surface area contributed by atoms with E-state index in [0.717, 1.165) is 16.7 Å². The minimum absolute atomic E-state index is 0.0921. The predicted octanol–water partition coefficient (Wildman–Crippen LogP) is 3.04. The first-order valence-corrected chi connectivity index (χ1v) is 4.55. The Bertz CT molecular complexity index is 490. The molecule has 2 N–H and O–H groups in total. The minimum Gasteiger partial charge on any atom is -0.451 e. The zero-order valence-electron chi connectivity index (χ0n) is 7.60. The van der Waals surface area contributed by atoms with Gasteiger partial charge in [0.1, 0.15) is 5.58 Å². The lowest BCUT2D eigenvalue weighted by Gasteiger charge is -1.97. The summed E-state index contributed by atoms with van der Waals surface area (Å²) in [5.41, 5.74) is 1.50. The van der Waals surface area contributed by atoms with E-state index in [1.165, 1.54) is 0 Å². The summed E-state index contributed by atoms with van der Waals surface area (Å²) in [5.74, 6) is 0.385. The van der Waals surface area contributed by atoms with Crippen molar-refractivity contribution < 1.29 is 4.42 Å². The molecule has 0 amide bonds. The molecule has 0 bridgehead atoms. The van der Waals surface area contributed by atoms with Crippen molar-refractivity contribution in [1.29, 1.82) is 5.41 Å². The van der Waals surface area contributed by atoms with Gasteiger partial charge in [-0.1, -0.05) is 23.7 Å². The summed E-state index contributed by atoms with van der Waals surface area (Å²) < 4.78 is 5.43. The van der Waals surface area contributed by atoms with Gasteiger partial charge in [0.05, 0.1) is 5.69 Å². The van der Waals surface area contributed by atoms with Crippen molar-refractivity contribution in [2.75, 3.05) is 12.4 Å². The van der Waals surface area contributed by atoms with Gasteiger partial charge in [0.2, 0.25) is 0 Å². The van der Waals surface area contributed by atoms with Crippen molar-refractivity contribution in [1.82, 2.24) is 0 Å². The third-order valence-electron chi connectivity index (χ3n) is 2.04. The molecule has 0 unspecified atom stereocenters. The molecule has 2 aromatic rings. The summed E-state index contributed by atoms with van der Waals surface area (Å²) in [4.78, 5) is 0. The molecule has 0 fully saturated rings. The fourth-order valence-electron chi connectivity index (χ4n) is 1.45. The van der Waals surface area contributed by atoms with Crippen LogP contribution in [0.3, 0.4) is 0 Å². The van der Waals surface area contributed by atoms with Crippen LogP contribution in [0.4, 0.5) is 5.69 Å². The summed E-state index contributed by atoms with van der Waals surface area (Å²) in [6, 6.07) is 7.57. The molecule has 0 atom stereocenters. The molecule has 2 rings (SSSR count). The molecule has 0 aliphatic rings. The Labute approximate surface area is 86.2 Å². The number of furan rings is 1. The number of fused-ring (bicyclic) bond motifs is 1. The lowest BCUT2D eigenvalue weighted by atomic mass is 10.2. The normalized spacial score (nSPS) is 10.4. The van der Waals surface area contributed by atoms with Crippen LogP contribution in [0, 0.1) is 5.41 Å². The monoisotopic (exact) mass is 208 g/mol. The second-order valence-corrected chi connectivity index (χ2v) is 3.24. The number of halogens is 1. The van der Waals surface area contributed by atoms with Crippen LogP contribution in [0.25, 0.3) is 11.0 Å². The molecule has 1 aromatic carbocycles. The van der Waals surface area contributed by atoms with Crippen LogP contribution in [0.1, 0.15) is 5.76 Å². The van der Waals surface area contributed by atoms with E-state index in [9.17, 15) is 0 Å². The fraction of sp³-hybridized carbons (Fsp3) is 0.100. The molecule has 4 heteroatoms. The first-order chi connectivity index (χ1) is 6.74. The Morgan fingerprint density at radius 1 is 1.43 bits per heavy atom. The van der Waals surface area contributed by atoms with Crippen molar-refractivity contribution in [3.8, 4) is 0 Å². The zero-order valence-corrected chi connectivity index (χ0v) is 8.35. The number of para-hydroxylation sites is 1. The molecule has 0 aliphatic carbocycles. The van der Waals surface area contributed by atoms with Crippen LogP contribution in [0.15, 0.2) is 28.7 Å². The molecule has 72 valence electrons. The SMILES string of the molecule is CNc1c(C(=N)Cl)oc2ccccc12. The van der Waals surface area contributed by atoms with Gasteiger partial charge in [0, 0.05) is 12.4 Å². The molecule has 0 radical (unpaired) electrons. The van der Waals surface area contributed by atoms with Gasteiger partial charge in [-0.15, -0.1) is 0 Å². The highest BCUT2D eigenvalue weighted by molar-refractivity contribution is 6.69. The number of hydrogen-bond acceptors (Lipinski definition) is 3. The van der Waals surface area contributed by atoms with Gasteiger partial charge < -0.3 is 9.73 Å². The summed E-state index contributed by atoms with van der Waals surface area (Å²) in [6.45, 7) is 0. The van der Waals surface area contributed by atoms with Crippen molar-refractivity contribution in [3.05, 3.63) is 30.0 Å². The lowest BCUT2D eigenvalue weighted by molar-refractivity contribution is 0.607. The van der Waals surface area contributed by atoms with Crippen LogP contribution in [0.2, 0.25) is 0 Å². The summed E-state index contributed by atoms with van der Waals surface area (Å²) in [5, 5.41) is 11.2. The first kappa shape index (κ1) is 9.09. The van der Waals surface area contributed by atoms with E-state index in [0.29, 0.717) is 5.76 Å². The van der Waals surface area contributed by atoms with Gasteiger partial charge in [0.25, 0.3) is 0 Å². The van der Waals surface area contributed by atoms with Crippen LogP contribution in [0.5, 0.6) is 0 Å². The third kappa shape index (κ3) is 1.26. The van der Waals surface area contributed by atoms with Crippen LogP contribution >= 0.6 is 11.6 Å². The Kier molecular flexibility index (Phi) is 2.17. The molecule has 0 spiro atoms. The highest BCUT2D eigenvalue weighted by atomic mass is 35.5. The van der Waals surface area contributed by atoms with Gasteiger partial charge in [-0.3, -0.25) is 5.41 Å². The average molecular weight is 209 g/mol. The van der Waals surface area contributed by atoms with E-state index in [2.05, 4.69) is 5.32 Å². The van der Waals surface area contributed by atoms with Crippen LogP contribution in [-0.2, 0) is 0 Å². The smallest absolute Gasteiger partial charge is 0.187 e. The maximum atomic E-state index is 7.34. The second-order valence-electron chi connectivity index (χ2n) is 2.87. The van der Waals surface area contributed by atoms with Gasteiger partial charge >= 0.3 is 0 Å². The van der Waals surface area contributed by atoms with Gasteiger partial charge in [-0.05, 0) is 12.1 Å². The topological polar surface area (TPSA) is 49.0 Å². The van der Waals surface area contributed by atoms with E-state index in [1.807, 2.05) is 24.3 Å². The van der Waals surface area contributed by atoms with Crippen molar-refractivity contribution >= 4 is 33.4 Å². The molecule has 14 heavy (non-hydrogen) atoms. The fourth-order valence-corrected chi connectivity index (χ4v) is 1.58. The molecule has 0 saturated carbocycles. The molecular weight excluding hydrogens is 200 g/mol. The summed E-state index contributed by atoms with van der Waals surface area (Å²) in [7, 11) is 1.78. The Morgan fingerprint density at radius 2 is 2.14 bits per heavy atom. The minimum atomic E-state index is -0.0921. The van der Waals surface area contributed by atoms with Crippen LogP contribution < -0.4 is 5.32 Å². The quantitative estimate of drug-likeness (QED) is 0.746. The number of rotatable bonds is 2. The maximum absolute atomic E-state index is 7.34. The molecule has 1 aromatic heterocycles. The van der Waals surface area contributed by atoms with E-state index in [1.54, 1.807) is 7.05 Å². The Morgan fingerprint density at radius 3 is 2.79 bits per heavy atom. The Hall–Kier alpha value is -1.48. The summed E-state index contributed by atoms with van der Waals surface area (Å²) >= 11 is 5.61. The van der Waals surface area contributed by atoms with Crippen molar-refractivity contribution in [2.24, 2.45) is 0 Å². The second kappa shape index (κ2) is 3.35. The van der Waals surface area contributed by atoms with E-state index >= 15 is 0 Å². The predicted molar refractivity (Wildman–Crippen MR) is 58.4 cm³/mol. The lowest BCUT2D eigenvalue weighted by Crippen LogP contribution is -1.94. The summed E-state index contributed by atoms with van der Waals surface area (Å²) in [6.07, 6.45) is 0. The number of hydrogen-bond donors (Lipinski definition) is 2. The van der Waals surface area contributed by atoms with E-state index < -0.39 is 0 Å². The first-order valence-electron chi connectivity index (χ1n) is 4.17. The number of benzene rings is 1. The van der Waals surface area contributed by atoms with Gasteiger partial charge in [0.15, 0.2) is 10.9 Å². The zero-order chi connectivity index (χ0) is 10.1. The molecule has 1 heterocycles. The molecule has 3 nitrogen and oxygen atoms in total. The molecule has 0 saturated heterocycles. The van der Waals surface area contributed by atoms with Crippen molar-refractivity contribution in [2.45, 2.75) is 0 Å². The van der Waals surface area contributed by atoms with E-state index in [-0.39, 0.29) is 5.17 Å². The van der Waals surface area contributed by atoms with E-state index in [4.69, 9.17) is 21.4 Å². The average Bonchev–Trinajstić information content (AvgIpc) is 2.56. The third-order valence-corrected chi connectivity index (χ3v) is 2.22. The van der Waals surface area contributed by atoms with Gasteiger partial charge in [-0.25, -0.2) is 0 Å². The standard InChI is InChI=1S/C10H9ClN2O/c1-13-8-6-4-2-3-5-7(6)14-9(8)10(11)12/h2-5,12-13H,1H3. The molecular formula is C10H9ClN2O. The largest absolute Gasteiger partial charge is 0.451 e. The highest BCUT2D eigenvalue weighted by Crippen LogP contribution is 2.31. The van der Waals surface area contributed by atoms with Crippen molar-refractivity contribution in [3.63, 3.8) is 0 Å². The Balaban J connectivity index is 2.78. The molecule has 0 aliphatic heterocycles. The van der Waals surface area contributed by atoms with Gasteiger partial charge in [-0.2, -0.15) is 0 Å². The maximum Gasteiger partial charge on any atom is 0.187 e.